The van der Waals surface area contributed by atoms with E-state index in [4.69, 9.17) is 0 Å². The Morgan fingerprint density at radius 2 is 2.04 bits per heavy atom. The largest absolute Gasteiger partial charge is 0.348 e. The second-order valence-electron chi connectivity index (χ2n) is 6.28. The fourth-order valence-corrected chi connectivity index (χ4v) is 3.99. The molecule has 0 saturated carbocycles. The SMILES string of the molecule is O=C1C(Nc2nn3c(=O)ccnc3s2)CCN1CCCc1ccccc1. The Morgan fingerprint density at radius 3 is 2.85 bits per heavy atom. The van der Waals surface area contributed by atoms with Crippen molar-refractivity contribution in [2.24, 2.45) is 0 Å². The number of likely N-dealkylation sites (tertiary alicyclic amines) is 1. The smallest absolute Gasteiger partial charge is 0.275 e. The van der Waals surface area contributed by atoms with Crippen LogP contribution < -0.4 is 10.9 Å². The van der Waals surface area contributed by atoms with Crippen LogP contribution in [0.3, 0.4) is 0 Å². The van der Waals surface area contributed by atoms with Gasteiger partial charge in [-0.1, -0.05) is 41.7 Å². The van der Waals surface area contributed by atoms with Crippen molar-refractivity contribution in [3.63, 3.8) is 0 Å². The molecule has 0 aliphatic carbocycles. The number of fused-ring (bicyclic) bond motifs is 1. The van der Waals surface area contributed by atoms with Gasteiger partial charge in [-0.2, -0.15) is 4.52 Å². The predicted octanol–water partition coefficient (Wildman–Crippen LogP) is 1.80. The van der Waals surface area contributed by atoms with Gasteiger partial charge in [0.2, 0.25) is 16.0 Å². The number of nitrogens with one attached hydrogen (secondary N) is 1. The van der Waals surface area contributed by atoms with E-state index in [2.05, 4.69) is 27.5 Å². The minimum absolute atomic E-state index is 0.0950. The number of amides is 1. The second-order valence-corrected chi connectivity index (χ2v) is 7.24. The van der Waals surface area contributed by atoms with Gasteiger partial charge in [0.25, 0.3) is 5.56 Å². The number of nitrogens with zero attached hydrogens (tertiary/aromatic N) is 4. The number of carbonyl (C=O) groups is 1. The van der Waals surface area contributed by atoms with Gasteiger partial charge in [-0.25, -0.2) is 4.98 Å². The van der Waals surface area contributed by atoms with Crippen LogP contribution in [0.4, 0.5) is 5.13 Å². The Morgan fingerprint density at radius 1 is 1.19 bits per heavy atom. The van der Waals surface area contributed by atoms with Crippen molar-refractivity contribution in [2.75, 3.05) is 18.4 Å². The van der Waals surface area contributed by atoms with E-state index >= 15 is 0 Å². The molecule has 26 heavy (non-hydrogen) atoms. The van der Waals surface area contributed by atoms with Crippen LogP contribution in [0.5, 0.6) is 0 Å². The van der Waals surface area contributed by atoms with Gasteiger partial charge in [0.05, 0.1) is 0 Å². The van der Waals surface area contributed by atoms with E-state index in [0.29, 0.717) is 10.1 Å². The van der Waals surface area contributed by atoms with E-state index in [1.807, 2.05) is 23.1 Å². The van der Waals surface area contributed by atoms with Gasteiger partial charge in [0.15, 0.2) is 0 Å². The lowest BCUT2D eigenvalue weighted by molar-refractivity contribution is -0.128. The maximum Gasteiger partial charge on any atom is 0.275 e. The van der Waals surface area contributed by atoms with Gasteiger partial charge >= 0.3 is 0 Å². The van der Waals surface area contributed by atoms with E-state index in [-0.39, 0.29) is 17.5 Å². The summed E-state index contributed by atoms with van der Waals surface area (Å²) < 4.78 is 1.25. The zero-order chi connectivity index (χ0) is 17.9. The zero-order valence-corrected chi connectivity index (χ0v) is 15.0. The molecule has 1 unspecified atom stereocenters. The average Bonchev–Trinajstić information content (AvgIpc) is 3.22. The van der Waals surface area contributed by atoms with Crippen molar-refractivity contribution in [2.45, 2.75) is 25.3 Å². The second kappa shape index (κ2) is 7.25. The lowest BCUT2D eigenvalue weighted by Crippen LogP contribution is -2.34. The molecule has 1 aliphatic heterocycles. The van der Waals surface area contributed by atoms with Gasteiger partial charge in [0, 0.05) is 25.4 Å². The molecule has 8 heteroatoms. The molecule has 1 amide bonds. The number of aromatic nitrogens is 3. The highest BCUT2D eigenvalue weighted by Gasteiger charge is 2.31. The van der Waals surface area contributed by atoms with E-state index in [1.54, 1.807) is 0 Å². The molecule has 1 saturated heterocycles. The molecule has 2 aromatic heterocycles. The number of rotatable bonds is 6. The minimum Gasteiger partial charge on any atom is -0.348 e. The highest BCUT2D eigenvalue weighted by Crippen LogP contribution is 2.21. The highest BCUT2D eigenvalue weighted by molar-refractivity contribution is 7.20. The number of aryl methyl sites for hydroxylation is 1. The molecule has 0 bridgehead atoms. The Balaban J connectivity index is 1.34. The van der Waals surface area contributed by atoms with E-state index < -0.39 is 0 Å². The van der Waals surface area contributed by atoms with E-state index in [9.17, 15) is 9.59 Å². The topological polar surface area (TPSA) is 79.6 Å². The summed E-state index contributed by atoms with van der Waals surface area (Å²) in [7, 11) is 0. The molecule has 1 N–H and O–H groups in total. The third kappa shape index (κ3) is 3.45. The number of benzene rings is 1. The van der Waals surface area contributed by atoms with Crippen LogP contribution in [-0.2, 0) is 11.2 Å². The first-order valence-corrected chi connectivity index (χ1v) is 9.46. The molecule has 1 aliphatic rings. The monoisotopic (exact) mass is 369 g/mol. The molecule has 3 aromatic rings. The molecule has 3 heterocycles. The van der Waals surface area contributed by atoms with Gasteiger partial charge in [-0.15, -0.1) is 5.10 Å². The summed E-state index contributed by atoms with van der Waals surface area (Å²) in [6.07, 6.45) is 4.12. The maximum absolute atomic E-state index is 12.6. The van der Waals surface area contributed by atoms with Gasteiger partial charge < -0.3 is 10.2 Å². The quantitative estimate of drug-likeness (QED) is 0.717. The minimum atomic E-state index is -0.289. The lowest BCUT2D eigenvalue weighted by Gasteiger charge is -2.16. The van der Waals surface area contributed by atoms with Gasteiger partial charge in [-0.3, -0.25) is 9.59 Å². The maximum atomic E-state index is 12.6. The van der Waals surface area contributed by atoms with Crippen molar-refractivity contribution in [3.05, 3.63) is 58.5 Å². The fraction of sp³-hybridized carbons (Fsp3) is 0.333. The molecular formula is C18H19N5O2S. The first kappa shape index (κ1) is 16.7. The molecule has 7 nitrogen and oxygen atoms in total. The average molecular weight is 369 g/mol. The summed E-state index contributed by atoms with van der Waals surface area (Å²) in [4.78, 5) is 30.9. The Hall–Kier alpha value is -2.74. The first-order valence-electron chi connectivity index (χ1n) is 8.65. The van der Waals surface area contributed by atoms with Crippen LogP contribution >= 0.6 is 11.3 Å². The van der Waals surface area contributed by atoms with Crippen molar-refractivity contribution < 1.29 is 4.79 Å². The Labute approximate surface area is 154 Å². The third-order valence-electron chi connectivity index (χ3n) is 4.50. The molecule has 0 spiro atoms. The summed E-state index contributed by atoms with van der Waals surface area (Å²) in [6.45, 7) is 1.50. The molecule has 1 atom stereocenters. The summed E-state index contributed by atoms with van der Waals surface area (Å²) >= 11 is 1.28. The number of anilines is 1. The first-order chi connectivity index (χ1) is 12.7. The molecule has 1 fully saturated rings. The van der Waals surface area contributed by atoms with Gasteiger partial charge in [0.1, 0.15) is 6.04 Å². The number of hydrogen-bond acceptors (Lipinski definition) is 6. The number of hydrogen-bond donors (Lipinski definition) is 1. The van der Waals surface area contributed by atoms with E-state index in [1.165, 1.54) is 33.7 Å². The van der Waals surface area contributed by atoms with Gasteiger partial charge in [-0.05, 0) is 24.8 Å². The van der Waals surface area contributed by atoms with Crippen molar-refractivity contribution in [3.8, 4) is 0 Å². The molecule has 1 aromatic carbocycles. The summed E-state index contributed by atoms with van der Waals surface area (Å²) in [5.41, 5.74) is 1.07. The molecule has 4 rings (SSSR count). The lowest BCUT2D eigenvalue weighted by atomic mass is 10.1. The Kier molecular flexibility index (Phi) is 4.66. The summed E-state index contributed by atoms with van der Waals surface area (Å²) in [5, 5.41) is 7.92. The van der Waals surface area contributed by atoms with Crippen LogP contribution in [0.25, 0.3) is 4.96 Å². The molecular weight excluding hydrogens is 350 g/mol. The highest BCUT2D eigenvalue weighted by atomic mass is 32.1. The van der Waals surface area contributed by atoms with E-state index in [0.717, 1.165) is 32.4 Å². The predicted molar refractivity (Wildman–Crippen MR) is 101 cm³/mol. The van der Waals surface area contributed by atoms with Crippen LogP contribution in [0.15, 0.2) is 47.4 Å². The van der Waals surface area contributed by atoms with Crippen LogP contribution in [0, 0.1) is 0 Å². The normalized spacial score (nSPS) is 17.2. The third-order valence-corrected chi connectivity index (χ3v) is 5.36. The zero-order valence-electron chi connectivity index (χ0n) is 14.2. The summed E-state index contributed by atoms with van der Waals surface area (Å²) in [6, 6.07) is 11.4. The molecule has 134 valence electrons. The van der Waals surface area contributed by atoms with Crippen molar-refractivity contribution >= 4 is 27.3 Å². The van der Waals surface area contributed by atoms with Crippen molar-refractivity contribution in [1.29, 1.82) is 0 Å². The standard InChI is InChI=1S/C18H19N5O2S/c24-15-8-10-19-18-23(15)21-17(26-18)20-14-9-12-22(16(14)25)11-4-7-13-5-2-1-3-6-13/h1-3,5-6,8,10,14H,4,7,9,11-12H2,(H,20,21). The Bertz CT molecular complexity index is 968. The number of carbonyl (C=O) groups excluding carboxylic acids is 1. The fourth-order valence-electron chi connectivity index (χ4n) is 3.16. The van der Waals surface area contributed by atoms with Crippen LogP contribution in [0.2, 0.25) is 0 Å². The van der Waals surface area contributed by atoms with Crippen LogP contribution in [0.1, 0.15) is 18.4 Å². The molecule has 0 radical (unpaired) electrons. The van der Waals surface area contributed by atoms with Crippen LogP contribution in [-0.4, -0.2) is 44.5 Å². The summed E-state index contributed by atoms with van der Waals surface area (Å²) in [5.74, 6) is 0.0950. The van der Waals surface area contributed by atoms with Crippen molar-refractivity contribution in [1.82, 2.24) is 19.5 Å².